The first kappa shape index (κ1) is 26.0. The van der Waals surface area contributed by atoms with Crippen molar-refractivity contribution in [2.24, 2.45) is 0 Å². The van der Waals surface area contributed by atoms with Crippen LogP contribution in [0.3, 0.4) is 0 Å². The maximum absolute atomic E-state index is 13.6. The van der Waals surface area contributed by atoms with Gasteiger partial charge >= 0.3 is 0 Å². The molecular weight excluding hydrogens is 472 g/mol. The van der Waals surface area contributed by atoms with Gasteiger partial charge in [-0.05, 0) is 74.8 Å². The third-order valence-electron chi connectivity index (χ3n) is 7.73. The minimum atomic E-state index is 0.0948. The molecule has 1 aliphatic heterocycles. The molecule has 3 heterocycles. The van der Waals surface area contributed by atoms with E-state index in [0.717, 1.165) is 72.5 Å². The first-order valence-electron chi connectivity index (χ1n) is 14.0. The van der Waals surface area contributed by atoms with E-state index in [9.17, 15) is 9.59 Å². The number of Topliss-reactive ketones (excluding diaryl/α,β-unsaturated/α-hetero) is 1. The zero-order chi connectivity index (χ0) is 26.8. The van der Waals surface area contributed by atoms with E-state index in [-0.39, 0.29) is 11.7 Å². The zero-order valence-electron chi connectivity index (χ0n) is 23.1. The maximum Gasteiger partial charge on any atom is 0.227 e. The Morgan fingerprint density at radius 2 is 1.71 bits per heavy atom. The van der Waals surface area contributed by atoms with Crippen LogP contribution in [0.2, 0.25) is 0 Å². The van der Waals surface area contributed by atoms with Crippen LogP contribution >= 0.6 is 0 Å². The van der Waals surface area contributed by atoms with Gasteiger partial charge in [0.2, 0.25) is 5.91 Å². The second-order valence-corrected chi connectivity index (χ2v) is 10.5. The lowest BCUT2D eigenvalue weighted by molar-refractivity contribution is -0.118. The molecular formula is C32H38N4O2. The third-order valence-corrected chi connectivity index (χ3v) is 7.73. The second-order valence-electron chi connectivity index (χ2n) is 10.5. The lowest BCUT2D eigenvalue weighted by Crippen LogP contribution is -2.31. The molecule has 38 heavy (non-hydrogen) atoms. The van der Waals surface area contributed by atoms with Gasteiger partial charge in [-0.15, -0.1) is 0 Å². The number of rotatable bonds is 9. The number of aryl methyl sites for hydroxylation is 4. The fourth-order valence-corrected chi connectivity index (χ4v) is 5.65. The van der Waals surface area contributed by atoms with Gasteiger partial charge < -0.3 is 9.47 Å². The maximum atomic E-state index is 13.6. The smallest absolute Gasteiger partial charge is 0.227 e. The molecule has 0 aliphatic carbocycles. The summed E-state index contributed by atoms with van der Waals surface area (Å²) in [5, 5.41) is 5.09. The van der Waals surface area contributed by atoms with Gasteiger partial charge in [-0.1, -0.05) is 50.2 Å². The Hall–Kier alpha value is -3.67. The topological polar surface area (TPSA) is 59.6 Å². The summed E-state index contributed by atoms with van der Waals surface area (Å²) in [6, 6.07) is 16.5. The van der Waals surface area contributed by atoms with Gasteiger partial charge in [0.05, 0.1) is 6.54 Å². The van der Waals surface area contributed by atoms with Gasteiger partial charge in [0.1, 0.15) is 11.3 Å². The normalized spacial score (nSPS) is 13.1. The summed E-state index contributed by atoms with van der Waals surface area (Å²) in [4.78, 5) is 28.8. The highest BCUT2D eigenvalue weighted by Gasteiger charge is 2.31. The van der Waals surface area contributed by atoms with E-state index in [1.165, 1.54) is 11.1 Å². The van der Waals surface area contributed by atoms with Crippen LogP contribution in [-0.2, 0) is 24.3 Å². The fourth-order valence-electron chi connectivity index (χ4n) is 5.65. The minimum Gasteiger partial charge on any atom is -0.311 e. The van der Waals surface area contributed by atoms with Crippen molar-refractivity contribution in [3.8, 4) is 11.1 Å². The molecule has 0 unspecified atom stereocenters. The standard InChI is InChI=1S/C32H38N4O2/c1-5-12-27(37)31-30(24-14-8-7-9-15-24)26-16-10-11-19-34-28(33-36(31)32(26)34)21-35(29(38)13-6-2)25-18-17-22(3)23(4)20-25/h7-9,14-15,17-18,20H,5-6,10-13,16,19,21H2,1-4H3. The van der Waals surface area contributed by atoms with Crippen LogP contribution in [0.25, 0.3) is 16.8 Å². The number of carbonyl (C=O) groups is 2. The fraction of sp³-hybridized carbons (Fsp3) is 0.406. The lowest BCUT2D eigenvalue weighted by atomic mass is 9.96. The number of hydrogen-bond acceptors (Lipinski definition) is 3. The van der Waals surface area contributed by atoms with Gasteiger partial charge in [-0.2, -0.15) is 5.10 Å². The Morgan fingerprint density at radius 1 is 0.947 bits per heavy atom. The highest BCUT2D eigenvalue weighted by molar-refractivity contribution is 6.04. The van der Waals surface area contributed by atoms with Crippen molar-refractivity contribution in [3.63, 3.8) is 0 Å². The molecule has 5 rings (SSSR count). The summed E-state index contributed by atoms with van der Waals surface area (Å²) in [6.07, 6.45) is 5.54. The average molecular weight is 511 g/mol. The van der Waals surface area contributed by atoms with E-state index in [4.69, 9.17) is 5.10 Å². The number of aromatic nitrogens is 3. The first-order valence-corrected chi connectivity index (χ1v) is 14.0. The van der Waals surface area contributed by atoms with E-state index in [0.29, 0.717) is 25.1 Å². The van der Waals surface area contributed by atoms with Gasteiger partial charge in [-0.25, -0.2) is 4.52 Å². The number of nitrogens with zero attached hydrogens (tertiary/aromatic N) is 4. The Balaban J connectivity index is 1.69. The van der Waals surface area contributed by atoms with E-state index in [1.807, 2.05) is 47.5 Å². The molecule has 198 valence electrons. The molecule has 2 aromatic carbocycles. The monoisotopic (exact) mass is 510 g/mol. The third kappa shape index (κ3) is 4.68. The van der Waals surface area contributed by atoms with Gasteiger partial charge in [0.25, 0.3) is 0 Å². The van der Waals surface area contributed by atoms with Crippen LogP contribution < -0.4 is 4.90 Å². The van der Waals surface area contributed by atoms with Crippen LogP contribution in [0.5, 0.6) is 0 Å². The molecule has 0 spiro atoms. The van der Waals surface area contributed by atoms with Crippen LogP contribution in [0.1, 0.15) is 85.4 Å². The Bertz CT molecular complexity index is 1480. The number of anilines is 1. The lowest BCUT2D eigenvalue weighted by Gasteiger charge is -2.23. The number of amides is 1. The number of benzene rings is 2. The molecule has 6 heteroatoms. The van der Waals surface area contributed by atoms with Gasteiger partial charge in [0.15, 0.2) is 11.6 Å². The minimum absolute atomic E-state index is 0.0948. The predicted octanol–water partition coefficient (Wildman–Crippen LogP) is 7.07. The van der Waals surface area contributed by atoms with E-state index >= 15 is 0 Å². The molecule has 0 saturated heterocycles. The highest BCUT2D eigenvalue weighted by atomic mass is 16.2. The molecule has 0 N–H and O–H groups in total. The molecule has 0 radical (unpaired) electrons. The number of hydrogen-bond donors (Lipinski definition) is 0. The van der Waals surface area contributed by atoms with Crippen LogP contribution in [0.15, 0.2) is 48.5 Å². The molecule has 6 nitrogen and oxygen atoms in total. The molecule has 0 bridgehead atoms. The summed E-state index contributed by atoms with van der Waals surface area (Å²) in [6.45, 7) is 9.45. The van der Waals surface area contributed by atoms with Crippen molar-refractivity contribution in [1.82, 2.24) is 14.2 Å². The molecule has 0 atom stereocenters. The van der Waals surface area contributed by atoms with Crippen molar-refractivity contribution >= 4 is 23.0 Å². The largest absolute Gasteiger partial charge is 0.311 e. The summed E-state index contributed by atoms with van der Waals surface area (Å²) in [5.74, 6) is 1.05. The van der Waals surface area contributed by atoms with E-state index in [1.54, 1.807) is 0 Å². The van der Waals surface area contributed by atoms with Crippen LogP contribution in [-0.4, -0.2) is 25.9 Å². The predicted molar refractivity (Wildman–Crippen MR) is 153 cm³/mol. The molecule has 1 amide bonds. The Labute approximate surface area is 225 Å². The van der Waals surface area contributed by atoms with Crippen LogP contribution in [0, 0.1) is 13.8 Å². The summed E-state index contributed by atoms with van der Waals surface area (Å²) in [5.41, 5.74) is 8.25. The number of carbonyl (C=O) groups excluding carboxylic acids is 2. The van der Waals surface area contributed by atoms with Crippen molar-refractivity contribution in [2.45, 2.75) is 85.7 Å². The average Bonchev–Trinajstić information content (AvgIpc) is 3.31. The quantitative estimate of drug-likeness (QED) is 0.226. The Morgan fingerprint density at radius 3 is 2.42 bits per heavy atom. The van der Waals surface area contributed by atoms with Crippen molar-refractivity contribution < 1.29 is 9.59 Å². The van der Waals surface area contributed by atoms with Crippen molar-refractivity contribution in [3.05, 3.63) is 76.7 Å². The SMILES string of the molecule is CCCC(=O)c1c(-c2ccccc2)c2c3n(c(CN(C(=O)CCC)c4ccc(C)c(C)c4)nn13)CCCC2. The Kier molecular flexibility index (Phi) is 7.50. The molecule has 0 fully saturated rings. The van der Waals surface area contributed by atoms with Crippen molar-refractivity contribution in [1.29, 1.82) is 0 Å². The summed E-state index contributed by atoms with van der Waals surface area (Å²) >= 11 is 0. The van der Waals surface area contributed by atoms with E-state index in [2.05, 4.69) is 42.7 Å². The molecule has 1 aliphatic rings. The van der Waals surface area contributed by atoms with E-state index < -0.39 is 0 Å². The second kappa shape index (κ2) is 11.0. The molecule has 0 saturated carbocycles. The number of ketones is 1. The summed E-state index contributed by atoms with van der Waals surface area (Å²) in [7, 11) is 0. The highest BCUT2D eigenvalue weighted by Crippen LogP contribution is 2.37. The van der Waals surface area contributed by atoms with Gasteiger partial charge in [-0.3, -0.25) is 9.59 Å². The first-order chi connectivity index (χ1) is 18.4. The summed E-state index contributed by atoms with van der Waals surface area (Å²) < 4.78 is 4.17. The van der Waals surface area contributed by atoms with Crippen LogP contribution in [0.4, 0.5) is 5.69 Å². The van der Waals surface area contributed by atoms with Gasteiger partial charge in [0, 0.05) is 36.2 Å². The molecule has 4 aromatic rings. The molecule has 2 aromatic heterocycles. The van der Waals surface area contributed by atoms with Crippen molar-refractivity contribution in [2.75, 3.05) is 4.90 Å². The zero-order valence-corrected chi connectivity index (χ0v) is 23.1.